The second kappa shape index (κ2) is 5.82. The number of imidazole rings is 1. The second-order valence-electron chi connectivity index (χ2n) is 4.55. The predicted molar refractivity (Wildman–Crippen MR) is 72.2 cm³/mol. The molecule has 0 aliphatic heterocycles. The summed E-state index contributed by atoms with van der Waals surface area (Å²) in [5.41, 5.74) is 2.30. The van der Waals surface area contributed by atoms with Crippen LogP contribution in [0.4, 0.5) is 0 Å². The standard InChI is InChI=1S/C14H21N3/c1-3-4-9-15-10-12(2)17-11-16-13-7-5-6-8-14(13)17/h5-8,11-12,15H,3-4,9-10H2,1-2H3. The van der Waals surface area contributed by atoms with Crippen molar-refractivity contribution in [2.24, 2.45) is 0 Å². The Morgan fingerprint density at radius 3 is 3.00 bits per heavy atom. The molecule has 0 saturated heterocycles. The van der Waals surface area contributed by atoms with Gasteiger partial charge in [0.25, 0.3) is 0 Å². The normalized spacial score (nSPS) is 13.1. The van der Waals surface area contributed by atoms with Crippen molar-refractivity contribution in [1.29, 1.82) is 0 Å². The van der Waals surface area contributed by atoms with Crippen molar-refractivity contribution >= 4 is 11.0 Å². The average Bonchev–Trinajstić information content (AvgIpc) is 2.78. The fourth-order valence-corrected chi connectivity index (χ4v) is 2.04. The SMILES string of the molecule is CCCCNCC(C)n1cnc2ccccc21. The van der Waals surface area contributed by atoms with Gasteiger partial charge in [-0.15, -0.1) is 0 Å². The number of para-hydroxylation sites is 2. The predicted octanol–water partition coefficient (Wildman–Crippen LogP) is 2.99. The summed E-state index contributed by atoms with van der Waals surface area (Å²) in [6.45, 7) is 6.55. The van der Waals surface area contributed by atoms with Gasteiger partial charge in [-0.25, -0.2) is 4.98 Å². The summed E-state index contributed by atoms with van der Waals surface area (Å²) in [6.07, 6.45) is 4.43. The fourth-order valence-electron chi connectivity index (χ4n) is 2.04. The molecule has 0 fully saturated rings. The molecular formula is C14H21N3. The Labute approximate surface area is 103 Å². The number of nitrogens with zero attached hydrogens (tertiary/aromatic N) is 2. The second-order valence-corrected chi connectivity index (χ2v) is 4.55. The lowest BCUT2D eigenvalue weighted by Crippen LogP contribution is -2.24. The van der Waals surface area contributed by atoms with Crippen molar-refractivity contribution in [2.75, 3.05) is 13.1 Å². The van der Waals surface area contributed by atoms with Crippen LogP contribution in [0.2, 0.25) is 0 Å². The largest absolute Gasteiger partial charge is 0.326 e. The Kier molecular flexibility index (Phi) is 4.15. The monoisotopic (exact) mass is 231 g/mol. The van der Waals surface area contributed by atoms with E-state index in [-0.39, 0.29) is 0 Å². The zero-order valence-corrected chi connectivity index (χ0v) is 10.7. The number of hydrogen-bond donors (Lipinski definition) is 1. The van der Waals surface area contributed by atoms with Gasteiger partial charge in [-0.3, -0.25) is 0 Å². The third kappa shape index (κ3) is 2.86. The quantitative estimate of drug-likeness (QED) is 0.775. The summed E-state index contributed by atoms with van der Waals surface area (Å²) in [6, 6.07) is 8.73. The van der Waals surface area contributed by atoms with Gasteiger partial charge in [0.2, 0.25) is 0 Å². The van der Waals surface area contributed by atoms with Crippen LogP contribution in [0.25, 0.3) is 11.0 Å². The van der Waals surface area contributed by atoms with E-state index in [1.165, 1.54) is 18.4 Å². The lowest BCUT2D eigenvalue weighted by molar-refractivity contribution is 0.497. The molecule has 1 heterocycles. The Morgan fingerprint density at radius 1 is 1.35 bits per heavy atom. The minimum Gasteiger partial charge on any atom is -0.326 e. The maximum Gasteiger partial charge on any atom is 0.0961 e. The minimum absolute atomic E-state index is 0.444. The van der Waals surface area contributed by atoms with Gasteiger partial charge in [0.1, 0.15) is 0 Å². The summed E-state index contributed by atoms with van der Waals surface area (Å²) >= 11 is 0. The first-order chi connectivity index (χ1) is 8.33. The van der Waals surface area contributed by atoms with Crippen molar-refractivity contribution in [3.8, 4) is 0 Å². The summed E-state index contributed by atoms with van der Waals surface area (Å²) in [5, 5.41) is 3.49. The number of rotatable bonds is 6. The first-order valence-corrected chi connectivity index (χ1v) is 6.45. The highest BCUT2D eigenvalue weighted by molar-refractivity contribution is 5.75. The van der Waals surface area contributed by atoms with Crippen LogP contribution in [-0.2, 0) is 0 Å². The maximum atomic E-state index is 4.42. The molecule has 2 aromatic rings. The molecule has 0 amide bonds. The molecule has 1 aromatic carbocycles. The molecule has 1 unspecified atom stereocenters. The van der Waals surface area contributed by atoms with Gasteiger partial charge in [0, 0.05) is 12.6 Å². The number of unbranched alkanes of at least 4 members (excludes halogenated alkanes) is 1. The molecule has 17 heavy (non-hydrogen) atoms. The molecule has 1 aromatic heterocycles. The number of fused-ring (bicyclic) bond motifs is 1. The number of benzene rings is 1. The molecule has 0 aliphatic carbocycles. The van der Waals surface area contributed by atoms with Crippen molar-refractivity contribution in [2.45, 2.75) is 32.7 Å². The minimum atomic E-state index is 0.444. The Morgan fingerprint density at radius 2 is 2.18 bits per heavy atom. The first kappa shape index (κ1) is 12.1. The molecule has 92 valence electrons. The lowest BCUT2D eigenvalue weighted by Gasteiger charge is -2.15. The van der Waals surface area contributed by atoms with Gasteiger partial charge in [0.05, 0.1) is 17.4 Å². The molecule has 0 aliphatic rings. The highest BCUT2D eigenvalue weighted by atomic mass is 15.1. The summed E-state index contributed by atoms with van der Waals surface area (Å²) in [4.78, 5) is 4.42. The maximum absolute atomic E-state index is 4.42. The molecule has 3 nitrogen and oxygen atoms in total. The van der Waals surface area contributed by atoms with E-state index in [4.69, 9.17) is 0 Å². The van der Waals surface area contributed by atoms with E-state index in [1.807, 2.05) is 12.4 Å². The van der Waals surface area contributed by atoms with E-state index in [0.717, 1.165) is 18.6 Å². The van der Waals surface area contributed by atoms with Gasteiger partial charge in [-0.2, -0.15) is 0 Å². The van der Waals surface area contributed by atoms with Crippen LogP contribution in [0, 0.1) is 0 Å². The van der Waals surface area contributed by atoms with Crippen molar-refractivity contribution < 1.29 is 0 Å². The van der Waals surface area contributed by atoms with Gasteiger partial charge in [0.15, 0.2) is 0 Å². The third-order valence-electron chi connectivity index (χ3n) is 3.10. The zero-order valence-electron chi connectivity index (χ0n) is 10.7. The highest BCUT2D eigenvalue weighted by Crippen LogP contribution is 2.16. The third-order valence-corrected chi connectivity index (χ3v) is 3.10. The van der Waals surface area contributed by atoms with Crippen LogP contribution in [0.15, 0.2) is 30.6 Å². The number of aromatic nitrogens is 2. The molecule has 0 bridgehead atoms. The smallest absolute Gasteiger partial charge is 0.0961 e. The molecule has 3 heteroatoms. The van der Waals surface area contributed by atoms with Crippen LogP contribution in [0.1, 0.15) is 32.7 Å². The zero-order chi connectivity index (χ0) is 12.1. The van der Waals surface area contributed by atoms with E-state index in [9.17, 15) is 0 Å². The van der Waals surface area contributed by atoms with E-state index in [2.05, 4.69) is 46.9 Å². The fraction of sp³-hybridized carbons (Fsp3) is 0.500. The van der Waals surface area contributed by atoms with E-state index in [1.54, 1.807) is 0 Å². The molecule has 0 spiro atoms. The van der Waals surface area contributed by atoms with E-state index >= 15 is 0 Å². The molecule has 1 N–H and O–H groups in total. The molecule has 2 rings (SSSR count). The number of hydrogen-bond acceptors (Lipinski definition) is 2. The van der Waals surface area contributed by atoms with Gasteiger partial charge in [-0.05, 0) is 32.0 Å². The van der Waals surface area contributed by atoms with Gasteiger partial charge < -0.3 is 9.88 Å². The summed E-state index contributed by atoms with van der Waals surface area (Å²) in [7, 11) is 0. The van der Waals surface area contributed by atoms with Crippen molar-refractivity contribution in [1.82, 2.24) is 14.9 Å². The van der Waals surface area contributed by atoms with Crippen LogP contribution >= 0.6 is 0 Å². The molecule has 0 radical (unpaired) electrons. The highest BCUT2D eigenvalue weighted by Gasteiger charge is 2.07. The van der Waals surface area contributed by atoms with Crippen LogP contribution in [0.5, 0.6) is 0 Å². The van der Waals surface area contributed by atoms with Crippen molar-refractivity contribution in [3.63, 3.8) is 0 Å². The summed E-state index contributed by atoms with van der Waals surface area (Å²) < 4.78 is 2.24. The molecule has 1 atom stereocenters. The Hall–Kier alpha value is -1.35. The average molecular weight is 231 g/mol. The molecular weight excluding hydrogens is 210 g/mol. The summed E-state index contributed by atoms with van der Waals surface area (Å²) in [5.74, 6) is 0. The van der Waals surface area contributed by atoms with Gasteiger partial charge >= 0.3 is 0 Å². The number of nitrogens with one attached hydrogen (secondary N) is 1. The van der Waals surface area contributed by atoms with E-state index < -0.39 is 0 Å². The first-order valence-electron chi connectivity index (χ1n) is 6.45. The van der Waals surface area contributed by atoms with Crippen LogP contribution in [-0.4, -0.2) is 22.6 Å². The Balaban J connectivity index is 2.01. The van der Waals surface area contributed by atoms with Crippen molar-refractivity contribution in [3.05, 3.63) is 30.6 Å². The molecule has 0 saturated carbocycles. The Bertz CT molecular complexity index is 461. The van der Waals surface area contributed by atoms with Gasteiger partial charge in [-0.1, -0.05) is 25.5 Å². The topological polar surface area (TPSA) is 29.9 Å². The van der Waals surface area contributed by atoms with Crippen LogP contribution in [0.3, 0.4) is 0 Å². The lowest BCUT2D eigenvalue weighted by atomic mass is 10.2. The van der Waals surface area contributed by atoms with Crippen LogP contribution < -0.4 is 5.32 Å². The van der Waals surface area contributed by atoms with E-state index in [0.29, 0.717) is 6.04 Å².